The molecule has 0 aliphatic heterocycles. The molecule has 2 rings (SSSR count). The summed E-state index contributed by atoms with van der Waals surface area (Å²) in [6.45, 7) is 4.34. The standard InChI is InChI=1S/C16H20FNO2/c1-11-5-6-14(17)13(8-11)10-18-12(2)9-15(19)16-4-3-7-20-16/h3-8,12,15,18-19H,9-10H2,1-2H3/t12-,15-/m1/s1. The Morgan fingerprint density at radius 3 is 2.85 bits per heavy atom. The van der Waals surface area contributed by atoms with Gasteiger partial charge < -0.3 is 14.8 Å². The molecule has 0 radical (unpaired) electrons. The summed E-state index contributed by atoms with van der Waals surface area (Å²) in [7, 11) is 0. The fourth-order valence-electron chi connectivity index (χ4n) is 2.14. The third-order valence-corrected chi connectivity index (χ3v) is 3.29. The van der Waals surface area contributed by atoms with Gasteiger partial charge in [0.1, 0.15) is 17.7 Å². The fraction of sp³-hybridized carbons (Fsp3) is 0.375. The third kappa shape index (κ3) is 3.92. The van der Waals surface area contributed by atoms with Crippen molar-refractivity contribution in [2.45, 2.75) is 39.0 Å². The number of aliphatic hydroxyl groups is 1. The van der Waals surface area contributed by atoms with Crippen LogP contribution in [0.5, 0.6) is 0 Å². The number of hydrogen-bond donors (Lipinski definition) is 2. The minimum Gasteiger partial charge on any atom is -0.467 e. The van der Waals surface area contributed by atoms with Crippen LogP contribution < -0.4 is 5.32 Å². The zero-order valence-corrected chi connectivity index (χ0v) is 11.8. The van der Waals surface area contributed by atoms with Crippen LogP contribution in [0, 0.1) is 12.7 Å². The lowest BCUT2D eigenvalue weighted by Gasteiger charge is -2.17. The average molecular weight is 277 g/mol. The van der Waals surface area contributed by atoms with Gasteiger partial charge in [0, 0.05) is 18.2 Å². The highest BCUT2D eigenvalue weighted by atomic mass is 19.1. The molecule has 2 aromatic rings. The van der Waals surface area contributed by atoms with Gasteiger partial charge in [0.05, 0.1) is 6.26 Å². The Balaban J connectivity index is 1.86. The van der Waals surface area contributed by atoms with E-state index in [1.54, 1.807) is 24.5 Å². The molecule has 4 heteroatoms. The molecule has 2 atom stereocenters. The largest absolute Gasteiger partial charge is 0.467 e. The molecular formula is C16H20FNO2. The second-order valence-corrected chi connectivity index (χ2v) is 5.14. The second-order valence-electron chi connectivity index (χ2n) is 5.14. The van der Waals surface area contributed by atoms with Crippen molar-refractivity contribution in [3.05, 3.63) is 59.3 Å². The molecule has 0 aliphatic carbocycles. The van der Waals surface area contributed by atoms with E-state index < -0.39 is 6.10 Å². The van der Waals surface area contributed by atoms with Crippen LogP contribution in [0.1, 0.15) is 36.3 Å². The zero-order chi connectivity index (χ0) is 14.5. The number of rotatable bonds is 6. The van der Waals surface area contributed by atoms with Crippen molar-refractivity contribution in [2.75, 3.05) is 0 Å². The second kappa shape index (κ2) is 6.68. The van der Waals surface area contributed by atoms with Crippen molar-refractivity contribution in [1.82, 2.24) is 5.32 Å². The lowest BCUT2D eigenvalue weighted by Crippen LogP contribution is -2.27. The summed E-state index contributed by atoms with van der Waals surface area (Å²) in [6.07, 6.45) is 1.41. The van der Waals surface area contributed by atoms with E-state index in [1.807, 2.05) is 19.9 Å². The minimum absolute atomic E-state index is 0.0509. The van der Waals surface area contributed by atoms with Crippen molar-refractivity contribution in [2.24, 2.45) is 0 Å². The quantitative estimate of drug-likeness (QED) is 0.851. The molecule has 20 heavy (non-hydrogen) atoms. The van der Waals surface area contributed by atoms with Crippen LogP contribution in [0.4, 0.5) is 4.39 Å². The van der Waals surface area contributed by atoms with Crippen LogP contribution in [-0.2, 0) is 6.54 Å². The Hall–Kier alpha value is -1.65. The number of benzene rings is 1. The molecule has 108 valence electrons. The van der Waals surface area contributed by atoms with Gasteiger partial charge in [-0.1, -0.05) is 17.7 Å². The van der Waals surface area contributed by atoms with Gasteiger partial charge in [0.25, 0.3) is 0 Å². The van der Waals surface area contributed by atoms with Crippen LogP contribution in [0.25, 0.3) is 0 Å². The van der Waals surface area contributed by atoms with E-state index in [-0.39, 0.29) is 11.9 Å². The monoisotopic (exact) mass is 277 g/mol. The first-order chi connectivity index (χ1) is 9.56. The number of nitrogens with one attached hydrogen (secondary N) is 1. The number of hydrogen-bond acceptors (Lipinski definition) is 3. The van der Waals surface area contributed by atoms with Crippen molar-refractivity contribution in [1.29, 1.82) is 0 Å². The molecule has 0 saturated carbocycles. The summed E-state index contributed by atoms with van der Waals surface area (Å²) >= 11 is 0. The number of aliphatic hydroxyl groups excluding tert-OH is 1. The van der Waals surface area contributed by atoms with Crippen LogP contribution in [-0.4, -0.2) is 11.1 Å². The first-order valence-corrected chi connectivity index (χ1v) is 6.76. The van der Waals surface area contributed by atoms with Crippen LogP contribution >= 0.6 is 0 Å². The summed E-state index contributed by atoms with van der Waals surface area (Å²) in [5, 5.41) is 13.2. The fourth-order valence-corrected chi connectivity index (χ4v) is 2.14. The Kier molecular flexibility index (Phi) is 4.93. The van der Waals surface area contributed by atoms with Crippen molar-refractivity contribution >= 4 is 0 Å². The van der Waals surface area contributed by atoms with E-state index in [9.17, 15) is 9.50 Å². The van der Waals surface area contributed by atoms with Gasteiger partial charge in [-0.05, 0) is 38.5 Å². The highest BCUT2D eigenvalue weighted by Crippen LogP contribution is 2.19. The maximum absolute atomic E-state index is 13.6. The summed E-state index contributed by atoms with van der Waals surface area (Å²) in [5.41, 5.74) is 1.68. The lowest BCUT2D eigenvalue weighted by atomic mass is 10.1. The van der Waals surface area contributed by atoms with Gasteiger partial charge in [-0.25, -0.2) is 4.39 Å². The maximum Gasteiger partial charge on any atom is 0.132 e. The van der Waals surface area contributed by atoms with E-state index in [0.29, 0.717) is 24.3 Å². The smallest absolute Gasteiger partial charge is 0.132 e. The predicted octanol–water partition coefficient (Wildman–Crippen LogP) is 3.33. The molecule has 0 bridgehead atoms. The van der Waals surface area contributed by atoms with Gasteiger partial charge in [0.15, 0.2) is 0 Å². The van der Waals surface area contributed by atoms with Gasteiger partial charge in [-0.2, -0.15) is 0 Å². The molecule has 0 amide bonds. The lowest BCUT2D eigenvalue weighted by molar-refractivity contribution is 0.128. The van der Waals surface area contributed by atoms with Crippen LogP contribution in [0.15, 0.2) is 41.0 Å². The van der Waals surface area contributed by atoms with E-state index in [0.717, 1.165) is 5.56 Å². The molecule has 0 fully saturated rings. The van der Waals surface area contributed by atoms with E-state index in [2.05, 4.69) is 5.32 Å². The number of aryl methyl sites for hydroxylation is 1. The normalized spacial score (nSPS) is 14.2. The molecule has 1 heterocycles. The Morgan fingerprint density at radius 2 is 2.15 bits per heavy atom. The SMILES string of the molecule is Cc1ccc(F)c(CN[C@H](C)C[C@@H](O)c2ccco2)c1. The van der Waals surface area contributed by atoms with Gasteiger partial charge >= 0.3 is 0 Å². The van der Waals surface area contributed by atoms with Crippen LogP contribution in [0.3, 0.4) is 0 Å². The summed E-state index contributed by atoms with van der Waals surface area (Å²) < 4.78 is 18.8. The van der Waals surface area contributed by atoms with E-state index in [4.69, 9.17) is 4.42 Å². The Morgan fingerprint density at radius 1 is 1.35 bits per heavy atom. The van der Waals surface area contributed by atoms with E-state index in [1.165, 1.54) is 6.07 Å². The number of furan rings is 1. The molecular weight excluding hydrogens is 257 g/mol. The van der Waals surface area contributed by atoms with Gasteiger partial charge in [-0.15, -0.1) is 0 Å². The topological polar surface area (TPSA) is 45.4 Å². The predicted molar refractivity (Wildman–Crippen MR) is 75.7 cm³/mol. The Bertz CT molecular complexity index is 539. The maximum atomic E-state index is 13.6. The molecule has 1 aromatic heterocycles. The summed E-state index contributed by atoms with van der Waals surface area (Å²) in [6, 6.07) is 8.61. The molecule has 0 aliphatic rings. The van der Waals surface area contributed by atoms with E-state index >= 15 is 0 Å². The first kappa shape index (κ1) is 14.8. The first-order valence-electron chi connectivity index (χ1n) is 6.76. The molecule has 1 aromatic carbocycles. The molecule has 3 nitrogen and oxygen atoms in total. The van der Waals surface area contributed by atoms with Crippen molar-refractivity contribution in [3.8, 4) is 0 Å². The van der Waals surface area contributed by atoms with Gasteiger partial charge in [0.2, 0.25) is 0 Å². The third-order valence-electron chi connectivity index (χ3n) is 3.29. The van der Waals surface area contributed by atoms with Gasteiger partial charge in [-0.3, -0.25) is 0 Å². The van der Waals surface area contributed by atoms with Crippen LogP contribution in [0.2, 0.25) is 0 Å². The highest BCUT2D eigenvalue weighted by molar-refractivity contribution is 5.23. The molecule has 0 saturated heterocycles. The molecule has 0 unspecified atom stereocenters. The minimum atomic E-state index is -0.644. The number of halogens is 1. The molecule has 0 spiro atoms. The average Bonchev–Trinajstić information content (AvgIpc) is 2.94. The molecule has 2 N–H and O–H groups in total. The van der Waals surface area contributed by atoms with Crippen molar-refractivity contribution < 1.29 is 13.9 Å². The summed E-state index contributed by atoms with van der Waals surface area (Å²) in [5.74, 6) is 0.349. The highest BCUT2D eigenvalue weighted by Gasteiger charge is 2.14. The van der Waals surface area contributed by atoms with Crippen molar-refractivity contribution in [3.63, 3.8) is 0 Å². The zero-order valence-electron chi connectivity index (χ0n) is 11.8. The summed E-state index contributed by atoms with van der Waals surface area (Å²) in [4.78, 5) is 0. The Labute approximate surface area is 118 Å².